The topological polar surface area (TPSA) is 66.6 Å². The molecule has 3 aliphatic carbocycles. The molecule has 0 radical (unpaired) electrons. The Bertz CT molecular complexity index is 559. The highest BCUT2D eigenvalue weighted by Gasteiger charge is 2.69. The Morgan fingerprint density at radius 1 is 1.25 bits per heavy atom. The van der Waals surface area contributed by atoms with Gasteiger partial charge in [-0.25, -0.2) is 5.84 Å². The summed E-state index contributed by atoms with van der Waals surface area (Å²) in [7, 11) is 0. The van der Waals surface area contributed by atoms with E-state index >= 15 is 0 Å². The molecule has 2 bridgehead atoms. The second-order valence-corrected chi connectivity index (χ2v) is 7.11. The maximum Gasteiger partial charge on any atom is 0.244 e. The van der Waals surface area contributed by atoms with E-state index in [1.807, 2.05) is 4.90 Å². The first-order chi connectivity index (χ1) is 9.64. The van der Waals surface area contributed by atoms with Crippen molar-refractivity contribution in [2.75, 3.05) is 0 Å². The number of carbonyl (C=O) groups is 2. The largest absolute Gasteiger partial charge is 0.313 e. The van der Waals surface area contributed by atoms with E-state index in [2.05, 4.69) is 12.2 Å². The van der Waals surface area contributed by atoms with Crippen LogP contribution in [0.25, 0.3) is 0 Å². The lowest BCUT2D eigenvalue weighted by Gasteiger charge is -2.55. The van der Waals surface area contributed by atoms with Crippen LogP contribution in [0.5, 0.6) is 0 Å². The second-order valence-electron chi connectivity index (χ2n) is 7.11. The minimum Gasteiger partial charge on any atom is -0.313 e. The van der Waals surface area contributed by atoms with Crippen LogP contribution in [0.15, 0.2) is 12.2 Å². The van der Waals surface area contributed by atoms with Gasteiger partial charge in [-0.3, -0.25) is 14.6 Å². The zero-order chi connectivity index (χ0) is 13.6. The van der Waals surface area contributed by atoms with E-state index in [1.54, 1.807) is 0 Å². The van der Waals surface area contributed by atoms with E-state index in [0.29, 0.717) is 12.3 Å². The molecule has 0 aromatic heterocycles. The van der Waals surface area contributed by atoms with Crippen LogP contribution in [0, 0.1) is 23.7 Å². The van der Waals surface area contributed by atoms with Gasteiger partial charge in [0.15, 0.2) is 0 Å². The minimum atomic E-state index is -0.492. The molecule has 5 aliphatic rings. The van der Waals surface area contributed by atoms with Crippen molar-refractivity contribution in [3.05, 3.63) is 12.2 Å². The number of allylic oxidation sites excluding steroid dienone is 1. The number of hydrazine groups is 1. The van der Waals surface area contributed by atoms with Crippen molar-refractivity contribution in [1.29, 1.82) is 0 Å². The molecule has 2 aliphatic heterocycles. The molecule has 2 heterocycles. The molecule has 106 valence electrons. The van der Waals surface area contributed by atoms with Crippen LogP contribution >= 0.6 is 0 Å². The molecule has 5 heteroatoms. The van der Waals surface area contributed by atoms with Crippen molar-refractivity contribution < 1.29 is 9.59 Å². The molecule has 0 aromatic carbocycles. The lowest BCUT2D eigenvalue weighted by atomic mass is 9.81. The predicted molar refractivity (Wildman–Crippen MR) is 70.6 cm³/mol. The van der Waals surface area contributed by atoms with Gasteiger partial charge in [-0.2, -0.15) is 0 Å². The number of hydrogen-bond acceptors (Lipinski definition) is 3. The van der Waals surface area contributed by atoms with Gasteiger partial charge in [0.1, 0.15) is 5.66 Å². The summed E-state index contributed by atoms with van der Waals surface area (Å²) < 4.78 is 0. The van der Waals surface area contributed by atoms with Gasteiger partial charge in [0, 0.05) is 12.3 Å². The smallest absolute Gasteiger partial charge is 0.244 e. The number of nitrogens with zero attached hydrogens (tertiary/aromatic N) is 2. The maximum absolute atomic E-state index is 12.8. The molecule has 6 atom stereocenters. The van der Waals surface area contributed by atoms with Gasteiger partial charge < -0.3 is 4.90 Å². The molecule has 5 nitrogen and oxygen atoms in total. The van der Waals surface area contributed by atoms with Gasteiger partial charge in [0.25, 0.3) is 0 Å². The van der Waals surface area contributed by atoms with Crippen molar-refractivity contribution >= 4 is 11.8 Å². The highest BCUT2D eigenvalue weighted by molar-refractivity contribution is 5.89. The summed E-state index contributed by atoms with van der Waals surface area (Å²) in [6.45, 7) is 0. The fourth-order valence-corrected chi connectivity index (χ4v) is 5.84. The Morgan fingerprint density at radius 3 is 2.90 bits per heavy atom. The van der Waals surface area contributed by atoms with E-state index in [4.69, 9.17) is 5.84 Å². The maximum atomic E-state index is 12.8. The summed E-state index contributed by atoms with van der Waals surface area (Å²) in [6.07, 6.45) is 8.90. The molecule has 2 N–H and O–H groups in total. The van der Waals surface area contributed by atoms with E-state index in [-0.39, 0.29) is 35.6 Å². The molecule has 2 saturated heterocycles. The summed E-state index contributed by atoms with van der Waals surface area (Å²) in [5.74, 6) is 7.35. The van der Waals surface area contributed by atoms with E-state index in [1.165, 1.54) is 5.01 Å². The van der Waals surface area contributed by atoms with Crippen LogP contribution < -0.4 is 5.84 Å². The van der Waals surface area contributed by atoms with Crippen LogP contribution in [0.1, 0.15) is 32.1 Å². The number of carbonyl (C=O) groups excluding carboxylic acids is 2. The Kier molecular flexibility index (Phi) is 1.85. The SMILES string of the molecule is NN1C(=O)[C@H]2[C@H]([C@@H]3C=C[C@H]2C3)N2C(=O)CC3CCCC312. The van der Waals surface area contributed by atoms with Crippen LogP contribution in [0.3, 0.4) is 0 Å². The van der Waals surface area contributed by atoms with Crippen molar-refractivity contribution in [3.8, 4) is 0 Å². The lowest BCUT2D eigenvalue weighted by Crippen LogP contribution is -2.74. The van der Waals surface area contributed by atoms with Crippen molar-refractivity contribution in [3.63, 3.8) is 0 Å². The second kappa shape index (κ2) is 3.27. The molecular weight excluding hydrogens is 254 g/mol. The number of amides is 2. The Morgan fingerprint density at radius 2 is 2.05 bits per heavy atom. The van der Waals surface area contributed by atoms with E-state index in [9.17, 15) is 9.59 Å². The molecule has 2 saturated carbocycles. The molecule has 2 unspecified atom stereocenters. The molecule has 4 fully saturated rings. The Labute approximate surface area is 117 Å². The third-order valence-corrected chi connectivity index (χ3v) is 6.51. The quantitative estimate of drug-likeness (QED) is 0.400. The van der Waals surface area contributed by atoms with Gasteiger partial charge >= 0.3 is 0 Å². The predicted octanol–water partition coefficient (Wildman–Crippen LogP) is 0.622. The summed E-state index contributed by atoms with van der Waals surface area (Å²) in [5, 5.41) is 1.46. The van der Waals surface area contributed by atoms with Crippen molar-refractivity contribution in [2.24, 2.45) is 29.5 Å². The molecule has 20 heavy (non-hydrogen) atoms. The Hall–Kier alpha value is -1.36. The van der Waals surface area contributed by atoms with Gasteiger partial charge in [-0.15, -0.1) is 0 Å². The summed E-state index contributed by atoms with van der Waals surface area (Å²) in [5.41, 5.74) is -0.492. The monoisotopic (exact) mass is 273 g/mol. The molecular formula is C15H19N3O2. The summed E-state index contributed by atoms with van der Waals surface area (Å²) in [4.78, 5) is 27.5. The summed E-state index contributed by atoms with van der Waals surface area (Å²) >= 11 is 0. The first-order valence-corrected chi connectivity index (χ1v) is 7.74. The molecule has 1 spiro atoms. The third-order valence-electron chi connectivity index (χ3n) is 6.51. The van der Waals surface area contributed by atoms with Crippen LogP contribution in [-0.4, -0.2) is 33.4 Å². The van der Waals surface area contributed by atoms with E-state index < -0.39 is 5.66 Å². The zero-order valence-corrected chi connectivity index (χ0v) is 11.4. The van der Waals surface area contributed by atoms with Crippen molar-refractivity contribution in [2.45, 2.75) is 43.8 Å². The van der Waals surface area contributed by atoms with Crippen LogP contribution in [0.2, 0.25) is 0 Å². The van der Waals surface area contributed by atoms with Gasteiger partial charge in [-0.1, -0.05) is 12.2 Å². The molecule has 5 rings (SSSR count). The Balaban J connectivity index is 1.70. The van der Waals surface area contributed by atoms with Crippen molar-refractivity contribution in [1.82, 2.24) is 9.91 Å². The highest BCUT2D eigenvalue weighted by atomic mass is 16.2. The number of hydrogen-bond donors (Lipinski definition) is 1. The fraction of sp³-hybridized carbons (Fsp3) is 0.733. The highest BCUT2D eigenvalue weighted by Crippen LogP contribution is 2.59. The van der Waals surface area contributed by atoms with E-state index in [0.717, 1.165) is 25.7 Å². The lowest BCUT2D eigenvalue weighted by molar-refractivity contribution is -0.181. The normalized spacial score (nSPS) is 51.8. The summed E-state index contributed by atoms with van der Waals surface area (Å²) in [6, 6.07) is 0.0768. The fourth-order valence-electron chi connectivity index (χ4n) is 5.84. The van der Waals surface area contributed by atoms with Gasteiger partial charge in [0.05, 0.1) is 12.0 Å². The first-order valence-electron chi connectivity index (χ1n) is 7.74. The molecule has 2 amide bonds. The number of rotatable bonds is 0. The van der Waals surface area contributed by atoms with Crippen LogP contribution in [0.4, 0.5) is 0 Å². The average molecular weight is 273 g/mol. The first kappa shape index (κ1) is 11.3. The zero-order valence-electron chi connectivity index (χ0n) is 11.4. The average Bonchev–Trinajstić information content (AvgIpc) is 3.13. The standard InChI is InChI=1S/C15H19N3O2/c16-18-14(20)12-8-3-4-9(6-8)13(12)17-11(19)7-10-2-1-5-15(10,17)18/h3-4,8-10,12-13H,1-2,5-7,16H2/t8-,9+,10?,12+,13-,15?/m0/s1. The minimum absolute atomic E-state index is 0.0738. The number of fused-ring (bicyclic) bond motifs is 6. The van der Waals surface area contributed by atoms with Gasteiger partial charge in [0.2, 0.25) is 11.8 Å². The number of nitrogens with two attached hydrogens (primary N) is 1. The molecule has 0 aromatic rings. The van der Waals surface area contributed by atoms with Crippen LogP contribution in [-0.2, 0) is 9.59 Å². The van der Waals surface area contributed by atoms with Gasteiger partial charge in [-0.05, 0) is 37.5 Å². The third kappa shape index (κ3) is 0.974.